The van der Waals surface area contributed by atoms with E-state index in [-0.39, 0.29) is 0 Å². The number of fused-ring (bicyclic) bond motifs is 5. The Bertz CT molecular complexity index is 534. The number of hydrogen-bond donors (Lipinski definition) is 2. The van der Waals surface area contributed by atoms with Gasteiger partial charge in [0.2, 0.25) is 0 Å². The van der Waals surface area contributed by atoms with Crippen molar-refractivity contribution in [3.05, 3.63) is 28.2 Å². The summed E-state index contributed by atoms with van der Waals surface area (Å²) in [5, 5.41) is 0. The van der Waals surface area contributed by atoms with E-state index in [2.05, 4.69) is 33.5 Å². The van der Waals surface area contributed by atoms with Gasteiger partial charge in [-0.05, 0) is 88.9 Å². The van der Waals surface area contributed by atoms with Crippen LogP contribution in [-0.2, 0) is 6.42 Å². The maximum absolute atomic E-state index is 5.88. The highest BCUT2D eigenvalue weighted by Gasteiger charge is 2.66. The number of benzene rings is 1. The van der Waals surface area contributed by atoms with E-state index in [1.807, 2.05) is 6.07 Å². The molecule has 0 amide bonds. The largest absolute Gasteiger partial charge is 0.496 e. The van der Waals surface area contributed by atoms with Crippen molar-refractivity contribution in [2.75, 3.05) is 7.11 Å². The fourth-order valence-corrected chi connectivity index (χ4v) is 5.92. The Morgan fingerprint density at radius 3 is 2.62 bits per heavy atom. The molecule has 3 N–H and O–H groups in total. The summed E-state index contributed by atoms with van der Waals surface area (Å²) in [4.78, 5) is 0. The third-order valence-electron chi connectivity index (χ3n) is 6.15. The van der Waals surface area contributed by atoms with E-state index in [0.717, 1.165) is 46.2 Å². The number of nitrogens with two attached hydrogens (primary N) is 1. The molecule has 0 saturated heterocycles. The second kappa shape index (κ2) is 5.25. The first-order chi connectivity index (χ1) is 10.2. The summed E-state index contributed by atoms with van der Waals surface area (Å²) in [7, 11) is 1.70. The molecule has 5 unspecified atom stereocenters. The number of methoxy groups -OCH3 is 1. The standard InChI is InChI=1S/C17H23BrN2O/c1-21-14-5-2-9(6-12(14)18)7-13(20-19)17-15-10-3-4-11(8-10)16(15)17/h2,5-6,10-11,13,15-17,20H,3-4,7-8,19H2,1H3. The van der Waals surface area contributed by atoms with Crippen LogP contribution in [0.4, 0.5) is 0 Å². The van der Waals surface area contributed by atoms with E-state index in [9.17, 15) is 0 Å². The second-order valence-corrected chi connectivity index (χ2v) is 7.87. The third kappa shape index (κ3) is 2.23. The molecule has 114 valence electrons. The summed E-state index contributed by atoms with van der Waals surface area (Å²) >= 11 is 3.57. The molecule has 0 aromatic heterocycles. The minimum atomic E-state index is 0.420. The third-order valence-corrected chi connectivity index (χ3v) is 6.77. The fraction of sp³-hybridized carbons (Fsp3) is 0.647. The molecule has 3 aliphatic carbocycles. The molecule has 0 radical (unpaired) electrons. The Morgan fingerprint density at radius 2 is 2.05 bits per heavy atom. The highest BCUT2D eigenvalue weighted by atomic mass is 79.9. The number of hydrogen-bond acceptors (Lipinski definition) is 3. The van der Waals surface area contributed by atoms with Crippen LogP contribution >= 0.6 is 15.9 Å². The number of ether oxygens (including phenoxy) is 1. The Kier molecular flexibility index (Phi) is 3.51. The van der Waals surface area contributed by atoms with Gasteiger partial charge in [0.15, 0.2) is 0 Å². The van der Waals surface area contributed by atoms with Crippen LogP contribution in [0, 0.1) is 29.6 Å². The van der Waals surface area contributed by atoms with Gasteiger partial charge in [0.25, 0.3) is 0 Å². The predicted octanol–water partition coefficient (Wildman–Crippen LogP) is 3.12. The van der Waals surface area contributed by atoms with Crippen molar-refractivity contribution >= 4 is 15.9 Å². The minimum absolute atomic E-state index is 0.420. The molecule has 3 aliphatic rings. The number of halogens is 1. The van der Waals surface area contributed by atoms with Gasteiger partial charge in [-0.25, -0.2) is 0 Å². The van der Waals surface area contributed by atoms with Gasteiger partial charge in [-0.1, -0.05) is 6.07 Å². The Hall–Kier alpha value is -0.580. The van der Waals surface area contributed by atoms with Gasteiger partial charge in [-0.15, -0.1) is 0 Å². The molecular formula is C17H23BrN2O. The first-order valence-corrected chi connectivity index (χ1v) is 8.80. The molecule has 21 heavy (non-hydrogen) atoms. The molecule has 2 bridgehead atoms. The first kappa shape index (κ1) is 14.0. The van der Waals surface area contributed by atoms with Gasteiger partial charge in [0.05, 0.1) is 11.6 Å². The smallest absolute Gasteiger partial charge is 0.133 e. The molecule has 1 aromatic carbocycles. The zero-order valence-electron chi connectivity index (χ0n) is 12.4. The molecule has 0 heterocycles. The van der Waals surface area contributed by atoms with Gasteiger partial charge in [0.1, 0.15) is 5.75 Å². The molecule has 1 aromatic rings. The second-order valence-electron chi connectivity index (χ2n) is 7.01. The fourth-order valence-electron chi connectivity index (χ4n) is 5.33. The molecule has 3 fully saturated rings. The van der Waals surface area contributed by atoms with E-state index < -0.39 is 0 Å². The zero-order chi connectivity index (χ0) is 14.6. The molecule has 5 atom stereocenters. The minimum Gasteiger partial charge on any atom is -0.496 e. The Balaban J connectivity index is 1.47. The van der Waals surface area contributed by atoms with Crippen molar-refractivity contribution in [1.29, 1.82) is 0 Å². The van der Waals surface area contributed by atoms with Crippen LogP contribution in [-0.4, -0.2) is 13.2 Å². The quantitative estimate of drug-likeness (QED) is 0.633. The van der Waals surface area contributed by atoms with Gasteiger partial charge < -0.3 is 4.74 Å². The van der Waals surface area contributed by atoms with Crippen molar-refractivity contribution in [2.24, 2.45) is 35.4 Å². The van der Waals surface area contributed by atoms with Crippen LogP contribution in [0.15, 0.2) is 22.7 Å². The van der Waals surface area contributed by atoms with Crippen molar-refractivity contribution < 1.29 is 4.74 Å². The van der Waals surface area contributed by atoms with Crippen LogP contribution in [0.5, 0.6) is 5.75 Å². The van der Waals surface area contributed by atoms with E-state index in [1.165, 1.54) is 24.8 Å². The van der Waals surface area contributed by atoms with Crippen molar-refractivity contribution in [1.82, 2.24) is 5.43 Å². The van der Waals surface area contributed by atoms with Crippen LogP contribution in [0.2, 0.25) is 0 Å². The Labute approximate surface area is 134 Å². The van der Waals surface area contributed by atoms with Crippen LogP contribution in [0.3, 0.4) is 0 Å². The molecule has 0 spiro atoms. The van der Waals surface area contributed by atoms with Gasteiger partial charge in [-0.2, -0.15) is 0 Å². The highest BCUT2D eigenvalue weighted by molar-refractivity contribution is 9.10. The molecule has 4 heteroatoms. The van der Waals surface area contributed by atoms with Crippen LogP contribution in [0.1, 0.15) is 24.8 Å². The lowest BCUT2D eigenvalue weighted by Crippen LogP contribution is -2.40. The summed E-state index contributed by atoms with van der Waals surface area (Å²) in [6, 6.07) is 6.77. The average molecular weight is 351 g/mol. The zero-order valence-corrected chi connectivity index (χ0v) is 14.0. The van der Waals surface area contributed by atoms with E-state index in [0.29, 0.717) is 6.04 Å². The maximum Gasteiger partial charge on any atom is 0.133 e. The lowest BCUT2D eigenvalue weighted by molar-refractivity contribution is 0.364. The number of hydrazine groups is 1. The molecule has 4 rings (SSSR count). The van der Waals surface area contributed by atoms with Gasteiger partial charge in [0, 0.05) is 6.04 Å². The molecular weight excluding hydrogens is 328 g/mol. The summed E-state index contributed by atoms with van der Waals surface area (Å²) in [5.74, 6) is 11.5. The lowest BCUT2D eigenvalue weighted by Gasteiger charge is -2.20. The lowest BCUT2D eigenvalue weighted by atomic mass is 9.93. The van der Waals surface area contributed by atoms with Crippen LogP contribution in [0.25, 0.3) is 0 Å². The maximum atomic E-state index is 5.88. The average Bonchev–Trinajstić information content (AvgIpc) is 2.91. The van der Waals surface area contributed by atoms with E-state index >= 15 is 0 Å². The predicted molar refractivity (Wildman–Crippen MR) is 86.8 cm³/mol. The first-order valence-electron chi connectivity index (χ1n) is 8.01. The molecule has 0 aliphatic heterocycles. The van der Waals surface area contributed by atoms with E-state index in [4.69, 9.17) is 10.6 Å². The SMILES string of the molecule is COc1ccc(CC(NN)C2C3C4CCC(C4)C32)cc1Br. The van der Waals surface area contributed by atoms with Gasteiger partial charge in [-0.3, -0.25) is 11.3 Å². The summed E-state index contributed by atoms with van der Waals surface area (Å²) in [5.41, 5.74) is 4.43. The summed E-state index contributed by atoms with van der Waals surface area (Å²) in [6.45, 7) is 0. The van der Waals surface area contributed by atoms with Crippen molar-refractivity contribution in [2.45, 2.75) is 31.7 Å². The van der Waals surface area contributed by atoms with Gasteiger partial charge >= 0.3 is 0 Å². The molecule has 3 saturated carbocycles. The number of nitrogens with one attached hydrogen (secondary N) is 1. The van der Waals surface area contributed by atoms with Crippen LogP contribution < -0.4 is 16.0 Å². The number of rotatable bonds is 5. The summed E-state index contributed by atoms with van der Waals surface area (Å²) in [6.07, 6.45) is 5.44. The molecule has 3 nitrogen and oxygen atoms in total. The Morgan fingerprint density at radius 1 is 1.33 bits per heavy atom. The van der Waals surface area contributed by atoms with Crippen molar-refractivity contribution in [3.63, 3.8) is 0 Å². The van der Waals surface area contributed by atoms with E-state index in [1.54, 1.807) is 7.11 Å². The van der Waals surface area contributed by atoms with Crippen molar-refractivity contribution in [3.8, 4) is 5.75 Å². The summed E-state index contributed by atoms with van der Waals surface area (Å²) < 4.78 is 6.32. The highest BCUT2D eigenvalue weighted by Crippen LogP contribution is 2.70. The monoisotopic (exact) mass is 350 g/mol. The normalized spacial score (nSPS) is 37.4. The topological polar surface area (TPSA) is 47.3 Å².